The highest BCUT2D eigenvalue weighted by Crippen LogP contribution is 2.08. The van der Waals surface area contributed by atoms with Gasteiger partial charge in [0.15, 0.2) is 11.2 Å². The third kappa shape index (κ3) is 1.81. The van der Waals surface area contributed by atoms with Gasteiger partial charge in [0.25, 0.3) is 5.56 Å². The van der Waals surface area contributed by atoms with Gasteiger partial charge in [-0.1, -0.05) is 0 Å². The lowest BCUT2D eigenvalue weighted by Gasteiger charge is -2.09. The van der Waals surface area contributed by atoms with E-state index >= 15 is 0 Å². The fourth-order valence-corrected chi connectivity index (χ4v) is 1.85. The van der Waals surface area contributed by atoms with E-state index in [0.29, 0.717) is 17.1 Å². The van der Waals surface area contributed by atoms with Crippen LogP contribution in [-0.4, -0.2) is 24.8 Å². The van der Waals surface area contributed by atoms with E-state index in [-0.39, 0.29) is 11.2 Å². The van der Waals surface area contributed by atoms with Crippen molar-refractivity contribution in [1.82, 2.24) is 19.1 Å². The normalized spacial score (nSPS) is 12.1. The molecule has 2 rings (SSSR count). The molecule has 2 aromatic rings. The van der Waals surface area contributed by atoms with Gasteiger partial charge in [-0.05, 0) is 13.8 Å². The number of hydrogen-bond acceptors (Lipinski definition) is 6. The van der Waals surface area contributed by atoms with Crippen LogP contribution in [0.5, 0.6) is 0 Å². The highest BCUT2D eigenvalue weighted by Gasteiger charge is 2.15. The van der Waals surface area contributed by atoms with Crippen molar-refractivity contribution in [2.45, 2.75) is 13.8 Å². The van der Waals surface area contributed by atoms with Gasteiger partial charge in [0.05, 0.1) is 11.4 Å². The Bertz CT molecular complexity index is 815. The van der Waals surface area contributed by atoms with E-state index < -0.39 is 11.2 Å². The third-order valence-corrected chi connectivity index (χ3v) is 2.99. The van der Waals surface area contributed by atoms with E-state index in [0.717, 1.165) is 4.57 Å². The second kappa shape index (κ2) is 4.30. The van der Waals surface area contributed by atoms with Crippen LogP contribution in [0.15, 0.2) is 14.7 Å². The van der Waals surface area contributed by atoms with Crippen molar-refractivity contribution in [3.8, 4) is 0 Å². The molecule has 2 aromatic heterocycles. The molecule has 0 saturated carbocycles. The minimum atomic E-state index is -0.489. The van der Waals surface area contributed by atoms with Crippen molar-refractivity contribution < 1.29 is 0 Å². The molecular formula is C11H14N6O2. The number of nitrogens with zero attached hydrogens (tertiary/aromatic N) is 5. The fourth-order valence-electron chi connectivity index (χ4n) is 1.85. The summed E-state index contributed by atoms with van der Waals surface area (Å²) in [7, 11) is 2.94. The van der Waals surface area contributed by atoms with Gasteiger partial charge in [0, 0.05) is 14.1 Å². The average molecular weight is 262 g/mol. The first-order valence-corrected chi connectivity index (χ1v) is 5.57. The van der Waals surface area contributed by atoms with E-state index in [1.165, 1.54) is 11.6 Å². The summed E-state index contributed by atoms with van der Waals surface area (Å²) in [6.07, 6.45) is 0. The summed E-state index contributed by atoms with van der Waals surface area (Å²) in [5.74, 6) is 5.22. The predicted molar refractivity (Wildman–Crippen MR) is 71.2 cm³/mol. The maximum absolute atomic E-state index is 12.1. The molecular weight excluding hydrogens is 248 g/mol. The minimum absolute atomic E-state index is 0.119. The molecule has 2 heterocycles. The lowest BCUT2D eigenvalue weighted by Crippen LogP contribution is -2.38. The number of aryl methyl sites for hydroxylation is 2. The molecule has 0 bridgehead atoms. The first kappa shape index (κ1) is 12.9. The Labute approximate surface area is 108 Å². The summed E-state index contributed by atoms with van der Waals surface area (Å²) in [5, 5.41) is 3.56. The van der Waals surface area contributed by atoms with Crippen molar-refractivity contribution in [1.29, 1.82) is 0 Å². The lowest BCUT2D eigenvalue weighted by atomic mass is 10.2. The maximum atomic E-state index is 12.1. The molecule has 2 N–H and O–H groups in total. The first-order chi connectivity index (χ1) is 8.88. The molecule has 0 unspecified atom stereocenters. The van der Waals surface area contributed by atoms with Gasteiger partial charge in [-0.25, -0.2) is 14.8 Å². The second-order valence-electron chi connectivity index (χ2n) is 4.25. The molecule has 0 spiro atoms. The van der Waals surface area contributed by atoms with Gasteiger partial charge < -0.3 is 5.84 Å². The van der Waals surface area contributed by atoms with Crippen molar-refractivity contribution in [3.05, 3.63) is 32.2 Å². The number of hydrazone groups is 1. The van der Waals surface area contributed by atoms with Gasteiger partial charge in [0.1, 0.15) is 5.69 Å². The Morgan fingerprint density at radius 1 is 1.21 bits per heavy atom. The van der Waals surface area contributed by atoms with Crippen molar-refractivity contribution in [3.63, 3.8) is 0 Å². The monoisotopic (exact) mass is 262 g/mol. The smallest absolute Gasteiger partial charge is 0.323 e. The Balaban J connectivity index is 3.04. The van der Waals surface area contributed by atoms with Crippen LogP contribution >= 0.6 is 0 Å². The quantitative estimate of drug-likeness (QED) is 0.403. The summed E-state index contributed by atoms with van der Waals surface area (Å²) in [4.78, 5) is 32.4. The van der Waals surface area contributed by atoms with Gasteiger partial charge in [-0.3, -0.25) is 13.9 Å². The lowest BCUT2D eigenvalue weighted by molar-refractivity contribution is 0.703. The summed E-state index contributed by atoms with van der Waals surface area (Å²) in [6.45, 7) is 3.40. The standard InChI is InChI=1S/C11H14N6O2/c1-5-7(6(2)15-12)14-8-9(13-5)16(3)11(19)17(4)10(8)18/h12H2,1-4H3/b15-6+. The summed E-state index contributed by atoms with van der Waals surface area (Å²) < 4.78 is 2.28. The topological polar surface area (TPSA) is 108 Å². The maximum Gasteiger partial charge on any atom is 0.332 e. The molecule has 19 heavy (non-hydrogen) atoms. The molecule has 0 amide bonds. The second-order valence-corrected chi connectivity index (χ2v) is 4.25. The van der Waals surface area contributed by atoms with E-state index in [1.54, 1.807) is 20.9 Å². The number of hydrogen-bond donors (Lipinski definition) is 1. The van der Waals surface area contributed by atoms with E-state index in [9.17, 15) is 9.59 Å². The van der Waals surface area contributed by atoms with E-state index in [1.807, 2.05) is 0 Å². The minimum Gasteiger partial charge on any atom is -0.323 e. The highest BCUT2D eigenvalue weighted by atomic mass is 16.2. The summed E-state index contributed by atoms with van der Waals surface area (Å²) in [6, 6.07) is 0. The zero-order valence-electron chi connectivity index (χ0n) is 11.1. The third-order valence-electron chi connectivity index (χ3n) is 2.99. The van der Waals surface area contributed by atoms with Crippen LogP contribution < -0.4 is 17.1 Å². The van der Waals surface area contributed by atoms with Crippen molar-refractivity contribution in [2.75, 3.05) is 0 Å². The molecule has 0 atom stereocenters. The van der Waals surface area contributed by atoms with Crippen LogP contribution in [-0.2, 0) is 14.1 Å². The molecule has 0 aliphatic heterocycles. The number of fused-ring (bicyclic) bond motifs is 1. The summed E-state index contributed by atoms with van der Waals surface area (Å²) in [5.41, 5.74) is 0.920. The molecule has 0 aromatic carbocycles. The Morgan fingerprint density at radius 2 is 1.84 bits per heavy atom. The SMILES string of the molecule is C/C(=N\N)c1nc2c(=O)n(C)c(=O)n(C)c2nc1C. The van der Waals surface area contributed by atoms with Crippen molar-refractivity contribution in [2.24, 2.45) is 25.0 Å². The largest absolute Gasteiger partial charge is 0.332 e. The molecule has 8 heteroatoms. The molecule has 0 aliphatic rings. The van der Waals surface area contributed by atoms with Crippen LogP contribution in [0.3, 0.4) is 0 Å². The molecule has 100 valence electrons. The number of nitrogens with two attached hydrogens (primary N) is 1. The molecule has 0 saturated heterocycles. The fraction of sp³-hybridized carbons (Fsp3) is 0.364. The van der Waals surface area contributed by atoms with Crippen LogP contribution in [0.2, 0.25) is 0 Å². The molecule has 0 radical (unpaired) electrons. The van der Waals surface area contributed by atoms with Gasteiger partial charge in [-0.2, -0.15) is 5.10 Å². The zero-order chi connectivity index (χ0) is 14.3. The van der Waals surface area contributed by atoms with Crippen LogP contribution in [0, 0.1) is 6.92 Å². The average Bonchev–Trinajstić information content (AvgIpc) is 2.41. The number of aromatic nitrogens is 4. The predicted octanol–water partition coefficient (Wildman–Crippen LogP) is -0.982. The Kier molecular flexibility index (Phi) is 2.93. The Morgan fingerprint density at radius 3 is 2.42 bits per heavy atom. The zero-order valence-corrected chi connectivity index (χ0v) is 11.1. The van der Waals surface area contributed by atoms with Gasteiger partial charge in [-0.15, -0.1) is 0 Å². The Hall–Kier alpha value is -2.51. The number of rotatable bonds is 1. The van der Waals surface area contributed by atoms with E-state index in [2.05, 4.69) is 15.1 Å². The van der Waals surface area contributed by atoms with Gasteiger partial charge in [0.2, 0.25) is 0 Å². The van der Waals surface area contributed by atoms with Crippen LogP contribution in [0.4, 0.5) is 0 Å². The van der Waals surface area contributed by atoms with E-state index in [4.69, 9.17) is 5.84 Å². The molecule has 0 fully saturated rings. The van der Waals surface area contributed by atoms with Crippen molar-refractivity contribution >= 4 is 16.9 Å². The molecule has 8 nitrogen and oxygen atoms in total. The highest BCUT2D eigenvalue weighted by molar-refractivity contribution is 5.98. The van der Waals surface area contributed by atoms with Crippen LogP contribution in [0.1, 0.15) is 18.3 Å². The van der Waals surface area contributed by atoms with Crippen LogP contribution in [0.25, 0.3) is 11.2 Å². The molecule has 0 aliphatic carbocycles. The first-order valence-electron chi connectivity index (χ1n) is 5.57. The van der Waals surface area contributed by atoms with Gasteiger partial charge >= 0.3 is 5.69 Å². The summed E-state index contributed by atoms with van der Waals surface area (Å²) >= 11 is 0.